The fourth-order valence-corrected chi connectivity index (χ4v) is 2.57. The van der Waals surface area contributed by atoms with Crippen LogP contribution in [0, 0.1) is 0 Å². The molecule has 0 unspecified atom stereocenters. The van der Waals surface area contributed by atoms with Crippen LogP contribution in [0.25, 0.3) is 0 Å². The largest absolute Gasteiger partial charge is 0.483 e. The SMILES string of the molecule is COCCCS(=O)(=O)Nc1ccccc1OCC(N)=NO. The van der Waals surface area contributed by atoms with Gasteiger partial charge in [-0.25, -0.2) is 8.42 Å². The summed E-state index contributed by atoms with van der Waals surface area (Å²) in [5, 5.41) is 11.2. The number of hydrogen-bond acceptors (Lipinski definition) is 6. The molecular weight excluding hydrogens is 298 g/mol. The minimum atomic E-state index is -3.49. The summed E-state index contributed by atoms with van der Waals surface area (Å²) in [5.41, 5.74) is 5.59. The summed E-state index contributed by atoms with van der Waals surface area (Å²) in [4.78, 5) is 0. The smallest absolute Gasteiger partial charge is 0.232 e. The van der Waals surface area contributed by atoms with Crippen molar-refractivity contribution in [3.8, 4) is 5.75 Å². The number of benzene rings is 1. The zero-order valence-electron chi connectivity index (χ0n) is 11.7. The van der Waals surface area contributed by atoms with Crippen molar-refractivity contribution in [3.63, 3.8) is 0 Å². The molecular formula is C12H19N3O5S. The number of nitrogens with two attached hydrogens (primary N) is 1. The summed E-state index contributed by atoms with van der Waals surface area (Å²) < 4.78 is 36.4. The summed E-state index contributed by atoms with van der Waals surface area (Å²) >= 11 is 0. The van der Waals surface area contributed by atoms with Gasteiger partial charge in [-0.2, -0.15) is 0 Å². The van der Waals surface area contributed by atoms with Gasteiger partial charge in [0.05, 0.1) is 11.4 Å². The van der Waals surface area contributed by atoms with Crippen molar-refractivity contribution in [2.75, 3.05) is 30.8 Å². The summed E-state index contributed by atoms with van der Waals surface area (Å²) in [6, 6.07) is 6.50. The molecule has 9 heteroatoms. The van der Waals surface area contributed by atoms with E-state index in [1.165, 1.54) is 7.11 Å². The van der Waals surface area contributed by atoms with Gasteiger partial charge in [-0.1, -0.05) is 17.3 Å². The number of oxime groups is 1. The quantitative estimate of drug-likeness (QED) is 0.201. The van der Waals surface area contributed by atoms with Crippen LogP contribution in [0.5, 0.6) is 5.75 Å². The molecule has 118 valence electrons. The highest BCUT2D eigenvalue weighted by Gasteiger charge is 2.13. The molecule has 0 spiro atoms. The van der Waals surface area contributed by atoms with Crippen LogP contribution in [0.4, 0.5) is 5.69 Å². The number of para-hydroxylation sites is 2. The number of sulfonamides is 1. The molecule has 0 fully saturated rings. The number of methoxy groups -OCH3 is 1. The maximum Gasteiger partial charge on any atom is 0.232 e. The van der Waals surface area contributed by atoms with Crippen LogP contribution in [0.1, 0.15) is 6.42 Å². The van der Waals surface area contributed by atoms with E-state index in [2.05, 4.69) is 9.88 Å². The van der Waals surface area contributed by atoms with Gasteiger partial charge in [0.15, 0.2) is 5.84 Å². The highest BCUT2D eigenvalue weighted by atomic mass is 32.2. The Kier molecular flexibility index (Phi) is 6.76. The molecule has 0 saturated heterocycles. The van der Waals surface area contributed by atoms with E-state index >= 15 is 0 Å². The molecule has 0 saturated carbocycles. The molecule has 0 atom stereocenters. The van der Waals surface area contributed by atoms with Crippen molar-refractivity contribution in [1.29, 1.82) is 0 Å². The maximum atomic E-state index is 11.9. The lowest BCUT2D eigenvalue weighted by Gasteiger charge is -2.13. The van der Waals surface area contributed by atoms with Gasteiger partial charge >= 0.3 is 0 Å². The van der Waals surface area contributed by atoms with E-state index in [4.69, 9.17) is 20.4 Å². The zero-order chi connectivity index (χ0) is 15.7. The van der Waals surface area contributed by atoms with Gasteiger partial charge in [-0.15, -0.1) is 0 Å². The lowest BCUT2D eigenvalue weighted by atomic mass is 10.3. The highest BCUT2D eigenvalue weighted by Crippen LogP contribution is 2.24. The molecule has 1 aromatic carbocycles. The van der Waals surface area contributed by atoms with Crippen LogP contribution in [0.3, 0.4) is 0 Å². The Morgan fingerprint density at radius 1 is 1.43 bits per heavy atom. The third-order valence-electron chi connectivity index (χ3n) is 2.42. The Bertz CT molecular complexity index is 574. The summed E-state index contributed by atoms with van der Waals surface area (Å²) in [7, 11) is -1.98. The van der Waals surface area contributed by atoms with E-state index in [1.54, 1.807) is 24.3 Å². The van der Waals surface area contributed by atoms with Crippen molar-refractivity contribution in [1.82, 2.24) is 0 Å². The van der Waals surface area contributed by atoms with Gasteiger partial charge in [0.25, 0.3) is 0 Å². The molecule has 4 N–H and O–H groups in total. The van der Waals surface area contributed by atoms with E-state index in [9.17, 15) is 8.42 Å². The Hall–Kier alpha value is -2.00. The van der Waals surface area contributed by atoms with Crippen molar-refractivity contribution in [2.45, 2.75) is 6.42 Å². The van der Waals surface area contributed by atoms with Crippen LogP contribution >= 0.6 is 0 Å². The number of anilines is 1. The van der Waals surface area contributed by atoms with Crippen molar-refractivity contribution < 1.29 is 23.1 Å². The van der Waals surface area contributed by atoms with E-state index in [0.717, 1.165) is 0 Å². The van der Waals surface area contributed by atoms with E-state index in [-0.39, 0.29) is 18.2 Å². The average molecular weight is 317 g/mol. The summed E-state index contributed by atoms with van der Waals surface area (Å²) in [6.45, 7) is 0.210. The monoisotopic (exact) mass is 317 g/mol. The average Bonchev–Trinajstić information content (AvgIpc) is 2.45. The number of amidine groups is 1. The van der Waals surface area contributed by atoms with Crippen LogP contribution in [-0.4, -0.2) is 45.5 Å². The molecule has 8 nitrogen and oxygen atoms in total. The van der Waals surface area contributed by atoms with Crippen molar-refractivity contribution in [2.24, 2.45) is 10.9 Å². The number of nitrogens with one attached hydrogen (secondary N) is 1. The van der Waals surface area contributed by atoms with E-state index < -0.39 is 10.0 Å². The first kappa shape index (κ1) is 17.1. The highest BCUT2D eigenvalue weighted by molar-refractivity contribution is 7.92. The minimum Gasteiger partial charge on any atom is -0.483 e. The second-order valence-corrected chi connectivity index (χ2v) is 5.99. The van der Waals surface area contributed by atoms with Gasteiger partial charge in [0, 0.05) is 13.7 Å². The molecule has 0 bridgehead atoms. The first-order valence-corrected chi connectivity index (χ1v) is 7.81. The molecule has 0 heterocycles. The predicted molar refractivity (Wildman–Crippen MR) is 79.2 cm³/mol. The molecule has 0 amide bonds. The second-order valence-electron chi connectivity index (χ2n) is 4.14. The molecule has 21 heavy (non-hydrogen) atoms. The van der Waals surface area contributed by atoms with E-state index in [1.807, 2.05) is 0 Å². The van der Waals surface area contributed by atoms with Crippen LogP contribution < -0.4 is 15.2 Å². The zero-order valence-corrected chi connectivity index (χ0v) is 12.5. The Morgan fingerprint density at radius 3 is 2.81 bits per heavy atom. The Balaban J connectivity index is 2.74. The molecule has 0 aliphatic heterocycles. The lowest BCUT2D eigenvalue weighted by molar-refractivity contribution is 0.199. The molecule has 1 rings (SSSR count). The maximum absolute atomic E-state index is 11.9. The molecule has 0 aliphatic carbocycles. The Labute approximate surface area is 123 Å². The number of nitrogens with zero attached hydrogens (tertiary/aromatic N) is 1. The van der Waals surface area contributed by atoms with Gasteiger partial charge in [-0.3, -0.25) is 4.72 Å². The molecule has 1 aromatic rings. The standard InChI is InChI=1S/C12H19N3O5S/c1-19-7-4-8-21(17,18)15-10-5-2-3-6-11(10)20-9-12(13)14-16/h2-3,5-6,15-16H,4,7-9H2,1H3,(H2,13,14). The van der Waals surface area contributed by atoms with Gasteiger partial charge < -0.3 is 20.4 Å². The van der Waals surface area contributed by atoms with Gasteiger partial charge in [-0.05, 0) is 18.6 Å². The summed E-state index contributed by atoms with van der Waals surface area (Å²) in [6.07, 6.45) is 0.388. The number of ether oxygens (including phenoxy) is 2. The van der Waals surface area contributed by atoms with Crippen molar-refractivity contribution in [3.05, 3.63) is 24.3 Å². The van der Waals surface area contributed by atoms with E-state index in [0.29, 0.717) is 24.5 Å². The fraction of sp³-hybridized carbons (Fsp3) is 0.417. The molecule has 0 aromatic heterocycles. The minimum absolute atomic E-state index is 0.0601. The Morgan fingerprint density at radius 2 is 2.14 bits per heavy atom. The fourth-order valence-electron chi connectivity index (χ4n) is 1.47. The number of hydrogen-bond donors (Lipinski definition) is 3. The van der Waals surface area contributed by atoms with Gasteiger partial charge in [0.2, 0.25) is 10.0 Å². The predicted octanol–water partition coefficient (Wildman–Crippen LogP) is 0.590. The molecule has 0 radical (unpaired) electrons. The summed E-state index contributed by atoms with van der Waals surface area (Å²) in [5.74, 6) is 0.113. The third kappa shape index (κ3) is 6.32. The van der Waals surface area contributed by atoms with Crippen LogP contribution in [0.15, 0.2) is 29.4 Å². The van der Waals surface area contributed by atoms with Gasteiger partial charge in [0.1, 0.15) is 12.4 Å². The third-order valence-corrected chi connectivity index (χ3v) is 3.78. The van der Waals surface area contributed by atoms with Crippen LogP contribution in [-0.2, 0) is 14.8 Å². The normalized spacial score (nSPS) is 12.1. The lowest BCUT2D eigenvalue weighted by Crippen LogP contribution is -2.22. The first-order chi connectivity index (χ1) is 9.98. The number of rotatable bonds is 9. The topological polar surface area (TPSA) is 123 Å². The van der Waals surface area contributed by atoms with Crippen LogP contribution in [0.2, 0.25) is 0 Å². The molecule has 0 aliphatic rings. The van der Waals surface area contributed by atoms with Crippen molar-refractivity contribution >= 4 is 21.5 Å². The second kappa shape index (κ2) is 8.32. The first-order valence-electron chi connectivity index (χ1n) is 6.16.